The maximum Gasteiger partial charge on any atom is 0.114 e. The van der Waals surface area contributed by atoms with Gasteiger partial charge in [-0.05, 0) is 25.0 Å². The number of nitrogens with zero attached hydrogens (tertiary/aromatic N) is 1. The van der Waals surface area contributed by atoms with Crippen LogP contribution in [0.2, 0.25) is 0 Å². The smallest absolute Gasteiger partial charge is 0.114 e. The summed E-state index contributed by atoms with van der Waals surface area (Å²) in [4.78, 5) is 2.21. The number of nitrogens with two attached hydrogens (primary N) is 1. The summed E-state index contributed by atoms with van der Waals surface area (Å²) in [5.74, 6) is 0.284. The topological polar surface area (TPSA) is 53.1 Å². The normalized spacial score (nSPS) is 21.1. The van der Waals surface area contributed by atoms with Crippen LogP contribution in [-0.4, -0.2) is 18.4 Å². The number of hydrogen-bond donors (Lipinski definition) is 2. The average molecular weight is 189 g/mol. The number of para-hydroxylation sites is 1. The standard InChI is InChI=1S/C11H15N3/c12-11(13)10-7-4-8-14(10)9-5-2-1-3-6-9/h1-3,5-6,10H,4,7-8H2,(H3,12,13). The fourth-order valence-electron chi connectivity index (χ4n) is 2.02. The Morgan fingerprint density at radius 2 is 2.07 bits per heavy atom. The van der Waals surface area contributed by atoms with Gasteiger partial charge in [-0.1, -0.05) is 18.2 Å². The lowest BCUT2D eigenvalue weighted by atomic mass is 10.2. The number of benzene rings is 1. The second kappa shape index (κ2) is 3.70. The minimum absolute atomic E-state index is 0.109. The lowest BCUT2D eigenvalue weighted by molar-refractivity contribution is 0.830. The van der Waals surface area contributed by atoms with E-state index >= 15 is 0 Å². The molecule has 0 aliphatic carbocycles. The van der Waals surface area contributed by atoms with Crippen molar-refractivity contribution < 1.29 is 0 Å². The second-order valence-corrected chi connectivity index (χ2v) is 3.64. The molecule has 14 heavy (non-hydrogen) atoms. The molecule has 1 aromatic rings. The van der Waals surface area contributed by atoms with Crippen LogP contribution in [0.4, 0.5) is 5.69 Å². The molecule has 1 saturated heterocycles. The zero-order chi connectivity index (χ0) is 9.97. The van der Waals surface area contributed by atoms with Gasteiger partial charge in [0.25, 0.3) is 0 Å². The SMILES string of the molecule is N=C(N)C1CCCN1c1ccccc1. The Kier molecular flexibility index (Phi) is 2.39. The quantitative estimate of drug-likeness (QED) is 0.548. The molecular formula is C11H15N3. The molecular weight excluding hydrogens is 174 g/mol. The van der Waals surface area contributed by atoms with Gasteiger partial charge in [-0.15, -0.1) is 0 Å². The van der Waals surface area contributed by atoms with E-state index in [1.54, 1.807) is 0 Å². The highest BCUT2D eigenvalue weighted by molar-refractivity contribution is 5.86. The van der Waals surface area contributed by atoms with Crippen LogP contribution in [0.3, 0.4) is 0 Å². The minimum Gasteiger partial charge on any atom is -0.386 e. The predicted molar refractivity (Wildman–Crippen MR) is 58.7 cm³/mol. The third-order valence-electron chi connectivity index (χ3n) is 2.70. The summed E-state index contributed by atoms with van der Waals surface area (Å²) in [7, 11) is 0. The molecule has 1 fully saturated rings. The van der Waals surface area contributed by atoms with Gasteiger partial charge >= 0.3 is 0 Å². The first-order valence-electron chi connectivity index (χ1n) is 4.94. The second-order valence-electron chi connectivity index (χ2n) is 3.64. The molecule has 74 valence electrons. The highest BCUT2D eigenvalue weighted by atomic mass is 15.2. The highest BCUT2D eigenvalue weighted by Gasteiger charge is 2.26. The van der Waals surface area contributed by atoms with Crippen molar-refractivity contribution in [3.63, 3.8) is 0 Å². The molecule has 0 saturated carbocycles. The summed E-state index contributed by atoms with van der Waals surface area (Å²) in [5.41, 5.74) is 6.74. The largest absolute Gasteiger partial charge is 0.386 e. The summed E-state index contributed by atoms with van der Waals surface area (Å²) in [6.45, 7) is 1.01. The Labute approximate surface area is 84.0 Å². The Hall–Kier alpha value is -1.51. The van der Waals surface area contributed by atoms with E-state index in [-0.39, 0.29) is 11.9 Å². The molecule has 3 heteroatoms. The lowest BCUT2D eigenvalue weighted by Crippen LogP contribution is -2.39. The van der Waals surface area contributed by atoms with Gasteiger partial charge in [0.1, 0.15) is 5.84 Å². The molecule has 2 rings (SSSR count). The van der Waals surface area contributed by atoms with Gasteiger partial charge in [-0.2, -0.15) is 0 Å². The Morgan fingerprint density at radius 3 is 2.71 bits per heavy atom. The molecule has 3 N–H and O–H groups in total. The van der Waals surface area contributed by atoms with Gasteiger partial charge < -0.3 is 10.6 Å². The van der Waals surface area contributed by atoms with Crippen LogP contribution in [0.5, 0.6) is 0 Å². The molecule has 1 aliphatic heterocycles. The van der Waals surface area contributed by atoms with Crippen LogP contribution >= 0.6 is 0 Å². The van der Waals surface area contributed by atoms with E-state index in [9.17, 15) is 0 Å². The van der Waals surface area contributed by atoms with Crippen LogP contribution in [0.1, 0.15) is 12.8 Å². The van der Waals surface area contributed by atoms with Gasteiger partial charge in [0, 0.05) is 12.2 Å². The summed E-state index contributed by atoms with van der Waals surface area (Å²) >= 11 is 0. The molecule has 0 aromatic heterocycles. The fraction of sp³-hybridized carbons (Fsp3) is 0.364. The van der Waals surface area contributed by atoms with Crippen molar-refractivity contribution >= 4 is 11.5 Å². The number of anilines is 1. The number of amidine groups is 1. The molecule has 0 radical (unpaired) electrons. The van der Waals surface area contributed by atoms with Crippen LogP contribution < -0.4 is 10.6 Å². The maximum absolute atomic E-state index is 7.51. The van der Waals surface area contributed by atoms with Gasteiger partial charge in [0.15, 0.2) is 0 Å². The molecule has 1 atom stereocenters. The van der Waals surface area contributed by atoms with Crippen molar-refractivity contribution in [2.75, 3.05) is 11.4 Å². The average Bonchev–Trinajstić information content (AvgIpc) is 2.67. The maximum atomic E-state index is 7.51. The van der Waals surface area contributed by atoms with Gasteiger partial charge in [0.05, 0.1) is 6.04 Å². The number of nitrogens with one attached hydrogen (secondary N) is 1. The molecule has 1 aliphatic rings. The predicted octanol–water partition coefficient (Wildman–Crippen LogP) is 1.59. The molecule has 1 heterocycles. The molecule has 1 unspecified atom stereocenters. The van der Waals surface area contributed by atoms with Crippen LogP contribution in [0, 0.1) is 5.41 Å². The summed E-state index contributed by atoms with van der Waals surface area (Å²) in [5, 5.41) is 7.51. The lowest BCUT2D eigenvalue weighted by Gasteiger charge is -2.25. The van der Waals surface area contributed by atoms with E-state index in [1.165, 1.54) is 5.69 Å². The van der Waals surface area contributed by atoms with Crippen LogP contribution in [-0.2, 0) is 0 Å². The Morgan fingerprint density at radius 1 is 1.36 bits per heavy atom. The van der Waals surface area contributed by atoms with E-state index in [4.69, 9.17) is 11.1 Å². The third-order valence-corrected chi connectivity index (χ3v) is 2.70. The highest BCUT2D eigenvalue weighted by Crippen LogP contribution is 2.24. The van der Waals surface area contributed by atoms with Crippen molar-refractivity contribution in [3.8, 4) is 0 Å². The van der Waals surface area contributed by atoms with E-state index in [0.29, 0.717) is 0 Å². The van der Waals surface area contributed by atoms with Crippen molar-refractivity contribution in [1.82, 2.24) is 0 Å². The van der Waals surface area contributed by atoms with E-state index in [1.807, 2.05) is 18.2 Å². The van der Waals surface area contributed by atoms with Crippen molar-refractivity contribution in [1.29, 1.82) is 5.41 Å². The van der Waals surface area contributed by atoms with Crippen molar-refractivity contribution in [2.24, 2.45) is 5.73 Å². The van der Waals surface area contributed by atoms with E-state index in [2.05, 4.69) is 17.0 Å². The van der Waals surface area contributed by atoms with Crippen LogP contribution in [0.15, 0.2) is 30.3 Å². The minimum atomic E-state index is 0.109. The van der Waals surface area contributed by atoms with E-state index < -0.39 is 0 Å². The monoisotopic (exact) mass is 189 g/mol. The molecule has 0 spiro atoms. The van der Waals surface area contributed by atoms with Crippen molar-refractivity contribution in [2.45, 2.75) is 18.9 Å². The third kappa shape index (κ3) is 1.58. The first-order chi connectivity index (χ1) is 6.79. The van der Waals surface area contributed by atoms with Crippen LogP contribution in [0.25, 0.3) is 0 Å². The molecule has 3 nitrogen and oxygen atoms in total. The van der Waals surface area contributed by atoms with Gasteiger partial charge in [-0.25, -0.2) is 0 Å². The molecule has 0 bridgehead atoms. The Balaban J connectivity index is 2.22. The Bertz CT molecular complexity index is 321. The zero-order valence-corrected chi connectivity index (χ0v) is 8.11. The van der Waals surface area contributed by atoms with Gasteiger partial charge in [0.2, 0.25) is 0 Å². The molecule has 0 amide bonds. The summed E-state index contributed by atoms with van der Waals surface area (Å²) < 4.78 is 0. The fourth-order valence-corrected chi connectivity index (χ4v) is 2.02. The van der Waals surface area contributed by atoms with Gasteiger partial charge in [-0.3, -0.25) is 5.41 Å². The first-order valence-corrected chi connectivity index (χ1v) is 4.94. The summed E-state index contributed by atoms with van der Waals surface area (Å²) in [6.07, 6.45) is 2.13. The van der Waals surface area contributed by atoms with E-state index in [0.717, 1.165) is 19.4 Å². The zero-order valence-electron chi connectivity index (χ0n) is 8.11. The number of rotatable bonds is 2. The molecule has 1 aromatic carbocycles. The summed E-state index contributed by atoms with van der Waals surface area (Å²) in [6, 6.07) is 10.3. The number of hydrogen-bond acceptors (Lipinski definition) is 2. The first kappa shape index (κ1) is 9.06. The van der Waals surface area contributed by atoms with Crippen molar-refractivity contribution in [3.05, 3.63) is 30.3 Å².